The van der Waals surface area contributed by atoms with Gasteiger partial charge in [-0.25, -0.2) is 4.39 Å². The molecule has 1 amide bonds. The van der Waals surface area contributed by atoms with E-state index in [0.29, 0.717) is 34.9 Å². The summed E-state index contributed by atoms with van der Waals surface area (Å²) in [5.41, 5.74) is 2.98. The number of benzene rings is 2. The van der Waals surface area contributed by atoms with Crippen LogP contribution in [0, 0.1) is 18.7 Å². The number of aromatic nitrogens is 1. The molecule has 1 aliphatic rings. The lowest BCUT2D eigenvalue weighted by Gasteiger charge is -2.33. The van der Waals surface area contributed by atoms with Crippen LogP contribution in [-0.4, -0.2) is 46.1 Å². The molecule has 1 aromatic heterocycles. The number of piperidine rings is 1. The van der Waals surface area contributed by atoms with Gasteiger partial charge in [-0.3, -0.25) is 14.6 Å². The lowest BCUT2D eigenvalue weighted by molar-refractivity contribution is -0.143. The van der Waals surface area contributed by atoms with Crippen LogP contribution in [0.3, 0.4) is 0 Å². The molecule has 2 aromatic carbocycles. The first kappa shape index (κ1) is 24.0. The molecule has 0 radical (unpaired) electrons. The van der Waals surface area contributed by atoms with Crippen molar-refractivity contribution < 1.29 is 23.8 Å². The Hall–Kier alpha value is -3.19. The van der Waals surface area contributed by atoms with Crippen LogP contribution in [0.1, 0.15) is 31.9 Å². The molecule has 2 atom stereocenters. The van der Waals surface area contributed by atoms with E-state index in [1.807, 2.05) is 19.1 Å². The summed E-state index contributed by atoms with van der Waals surface area (Å²) in [5, 5.41) is 10.2. The monoisotopic (exact) mass is 484 g/mol. The summed E-state index contributed by atoms with van der Waals surface area (Å²) < 4.78 is 19.5. The number of aryl methyl sites for hydroxylation is 1. The number of hydrogen-bond donors (Lipinski definition) is 1. The minimum absolute atomic E-state index is 0.0352. The molecule has 0 aliphatic carbocycles. The van der Waals surface area contributed by atoms with Gasteiger partial charge in [-0.2, -0.15) is 0 Å². The molecule has 0 saturated carbocycles. The number of nitrogens with zero attached hydrogens (tertiary/aromatic N) is 2. The summed E-state index contributed by atoms with van der Waals surface area (Å²) >= 11 is 6.30. The third-order valence-electron chi connectivity index (χ3n) is 6.09. The predicted molar refractivity (Wildman–Crippen MR) is 129 cm³/mol. The van der Waals surface area contributed by atoms with Crippen LogP contribution >= 0.6 is 11.6 Å². The molecule has 34 heavy (non-hydrogen) atoms. The van der Waals surface area contributed by atoms with E-state index in [9.17, 15) is 14.0 Å². The first-order chi connectivity index (χ1) is 16.2. The van der Waals surface area contributed by atoms with E-state index >= 15 is 0 Å². The number of fused-ring (bicyclic) bond motifs is 1. The van der Waals surface area contributed by atoms with Gasteiger partial charge in [-0.15, -0.1) is 0 Å². The molecule has 1 fully saturated rings. The highest BCUT2D eigenvalue weighted by atomic mass is 35.5. The molecule has 178 valence electrons. The number of halogens is 2. The van der Waals surface area contributed by atoms with Gasteiger partial charge in [0.05, 0.1) is 10.5 Å². The number of carbonyl (C=O) groups is 2. The zero-order valence-electron chi connectivity index (χ0n) is 19.1. The molecule has 6 nitrogen and oxygen atoms in total. The maximum absolute atomic E-state index is 13.5. The largest absolute Gasteiger partial charge is 0.481 e. The number of amides is 1. The van der Waals surface area contributed by atoms with Crippen molar-refractivity contribution in [3.8, 4) is 16.9 Å². The number of carbonyl (C=O) groups excluding carboxylic acids is 1. The van der Waals surface area contributed by atoms with Crippen LogP contribution in [0.15, 0.2) is 42.5 Å². The molecule has 0 bridgehead atoms. The van der Waals surface area contributed by atoms with Crippen molar-refractivity contribution in [3.05, 3.63) is 59.0 Å². The Morgan fingerprint density at radius 1 is 1.24 bits per heavy atom. The van der Waals surface area contributed by atoms with Crippen LogP contribution < -0.4 is 4.74 Å². The van der Waals surface area contributed by atoms with Crippen molar-refractivity contribution in [2.45, 2.75) is 39.2 Å². The number of carboxylic acids is 1. The Labute approximate surface area is 202 Å². The number of rotatable bonds is 6. The fourth-order valence-electron chi connectivity index (χ4n) is 4.54. The van der Waals surface area contributed by atoms with E-state index in [2.05, 4.69) is 4.98 Å². The molecule has 2 heterocycles. The molecular formula is C26H26ClFN2O4. The number of likely N-dealkylation sites (tertiary alicyclic amines) is 1. The van der Waals surface area contributed by atoms with Crippen LogP contribution in [0.25, 0.3) is 22.0 Å². The molecule has 1 N–H and O–H groups in total. The minimum atomic E-state index is -0.844. The van der Waals surface area contributed by atoms with Crippen molar-refractivity contribution >= 4 is 34.4 Å². The maximum atomic E-state index is 13.5. The summed E-state index contributed by atoms with van der Waals surface area (Å²) in [6, 6.07) is 11.6. The fourth-order valence-corrected chi connectivity index (χ4v) is 4.80. The second-order valence-electron chi connectivity index (χ2n) is 8.76. The van der Waals surface area contributed by atoms with Crippen molar-refractivity contribution in [1.29, 1.82) is 0 Å². The fraction of sp³-hybridized carbons (Fsp3) is 0.346. The van der Waals surface area contributed by atoms with Gasteiger partial charge in [-0.1, -0.05) is 11.6 Å². The highest BCUT2D eigenvalue weighted by Crippen LogP contribution is 2.35. The van der Waals surface area contributed by atoms with Crippen LogP contribution in [-0.2, 0) is 9.59 Å². The quantitative estimate of drug-likeness (QED) is 0.501. The smallest absolute Gasteiger partial charge is 0.303 e. The van der Waals surface area contributed by atoms with Crippen LogP contribution in [0.4, 0.5) is 4.39 Å². The van der Waals surface area contributed by atoms with E-state index < -0.39 is 17.9 Å². The van der Waals surface area contributed by atoms with Crippen molar-refractivity contribution in [2.75, 3.05) is 13.1 Å². The molecule has 4 rings (SSSR count). The lowest BCUT2D eigenvalue weighted by Crippen LogP contribution is -2.46. The zero-order valence-corrected chi connectivity index (χ0v) is 19.8. The summed E-state index contributed by atoms with van der Waals surface area (Å²) in [4.78, 5) is 30.3. The first-order valence-electron chi connectivity index (χ1n) is 11.3. The average Bonchev–Trinajstić information content (AvgIpc) is 2.77. The molecule has 8 heteroatoms. The van der Waals surface area contributed by atoms with Crippen molar-refractivity contribution in [1.82, 2.24) is 9.88 Å². The first-order valence-corrected chi connectivity index (χ1v) is 11.6. The van der Waals surface area contributed by atoms with E-state index in [0.717, 1.165) is 29.5 Å². The number of ether oxygens (including phenoxy) is 1. The van der Waals surface area contributed by atoms with E-state index in [1.54, 1.807) is 30.0 Å². The Bertz CT molecular complexity index is 1250. The van der Waals surface area contributed by atoms with E-state index in [1.165, 1.54) is 12.1 Å². The van der Waals surface area contributed by atoms with Gasteiger partial charge in [0.2, 0.25) is 0 Å². The molecular weight excluding hydrogens is 459 g/mol. The lowest BCUT2D eigenvalue weighted by atomic mass is 9.94. The van der Waals surface area contributed by atoms with Gasteiger partial charge in [-0.05, 0) is 74.6 Å². The SMILES string of the molecule is Cc1cc(-c2ccc(F)cc2Cl)c2ccc(OC(C)C(=O)N3CCC[C@H](CC(=O)O)C3)cc2n1. The maximum Gasteiger partial charge on any atom is 0.303 e. The average molecular weight is 485 g/mol. The third kappa shape index (κ3) is 5.30. The van der Waals surface area contributed by atoms with Gasteiger partial charge in [0.1, 0.15) is 11.6 Å². The van der Waals surface area contributed by atoms with Gasteiger partial charge < -0.3 is 14.7 Å². The van der Waals surface area contributed by atoms with Gasteiger partial charge in [0.15, 0.2) is 6.10 Å². The molecule has 1 unspecified atom stereocenters. The summed E-state index contributed by atoms with van der Waals surface area (Å²) in [6.45, 7) is 4.59. The van der Waals surface area contributed by atoms with E-state index in [-0.39, 0.29) is 18.2 Å². The summed E-state index contributed by atoms with van der Waals surface area (Å²) in [6.07, 6.45) is 0.928. The normalized spacial score (nSPS) is 16.9. The Morgan fingerprint density at radius 2 is 2.03 bits per heavy atom. The Morgan fingerprint density at radius 3 is 2.76 bits per heavy atom. The van der Waals surface area contributed by atoms with Crippen LogP contribution in [0.2, 0.25) is 5.02 Å². The highest BCUT2D eigenvalue weighted by Gasteiger charge is 2.29. The van der Waals surface area contributed by atoms with Gasteiger partial charge >= 0.3 is 5.97 Å². The Kier molecular flexibility index (Phi) is 7.03. The Balaban J connectivity index is 1.55. The van der Waals surface area contributed by atoms with Crippen molar-refractivity contribution in [2.24, 2.45) is 5.92 Å². The van der Waals surface area contributed by atoms with Crippen molar-refractivity contribution in [3.63, 3.8) is 0 Å². The highest BCUT2D eigenvalue weighted by molar-refractivity contribution is 6.33. The predicted octanol–water partition coefficient (Wildman–Crippen LogP) is 5.48. The standard InChI is InChI=1S/C26H26ClFN2O4/c1-15-10-22(20-7-5-18(28)12-23(20)27)21-8-6-19(13-24(21)29-15)34-16(2)26(33)30-9-3-4-17(14-30)11-25(31)32/h5-8,10,12-13,16-17H,3-4,9,11,14H2,1-2H3,(H,31,32)/t16?,17-/m1/s1. The summed E-state index contributed by atoms with van der Waals surface area (Å²) in [7, 11) is 0. The van der Waals surface area contributed by atoms with Gasteiger partial charge in [0.25, 0.3) is 5.91 Å². The number of pyridine rings is 1. The second-order valence-corrected chi connectivity index (χ2v) is 9.17. The summed E-state index contributed by atoms with van der Waals surface area (Å²) in [5.74, 6) is -0.940. The number of hydrogen-bond acceptors (Lipinski definition) is 4. The zero-order chi connectivity index (χ0) is 24.4. The number of aliphatic carboxylic acids is 1. The van der Waals surface area contributed by atoms with Crippen LogP contribution in [0.5, 0.6) is 5.75 Å². The molecule has 1 saturated heterocycles. The molecule has 3 aromatic rings. The minimum Gasteiger partial charge on any atom is -0.481 e. The van der Waals surface area contributed by atoms with E-state index in [4.69, 9.17) is 21.4 Å². The topological polar surface area (TPSA) is 79.7 Å². The third-order valence-corrected chi connectivity index (χ3v) is 6.40. The molecule has 0 spiro atoms. The second kappa shape index (κ2) is 9.97. The number of carboxylic acid groups (broad SMARTS) is 1. The molecule has 1 aliphatic heterocycles. The van der Waals surface area contributed by atoms with Gasteiger partial charge in [0, 0.05) is 42.2 Å².